The predicted molar refractivity (Wildman–Crippen MR) is 138 cm³/mol. The van der Waals surface area contributed by atoms with Gasteiger partial charge in [-0.2, -0.15) is 0 Å². The van der Waals surface area contributed by atoms with Crippen molar-refractivity contribution in [3.63, 3.8) is 0 Å². The van der Waals surface area contributed by atoms with Crippen LogP contribution in [-0.4, -0.2) is 31.7 Å². The molecule has 1 aliphatic carbocycles. The van der Waals surface area contributed by atoms with Crippen molar-refractivity contribution < 1.29 is 23.8 Å². The summed E-state index contributed by atoms with van der Waals surface area (Å²) in [6, 6.07) is 13.2. The number of ketones is 1. The van der Waals surface area contributed by atoms with E-state index in [-0.39, 0.29) is 17.8 Å². The molecule has 4 rings (SSSR count). The molecule has 1 unspecified atom stereocenters. The van der Waals surface area contributed by atoms with Crippen LogP contribution in [0.3, 0.4) is 0 Å². The molecule has 0 radical (unpaired) electrons. The van der Waals surface area contributed by atoms with E-state index in [1.807, 2.05) is 43.3 Å². The summed E-state index contributed by atoms with van der Waals surface area (Å²) in [5.74, 6) is -0.613. The number of nitrogens with zero attached hydrogens (tertiary/aromatic N) is 1. The van der Waals surface area contributed by atoms with Gasteiger partial charge in [-0.1, -0.05) is 60.1 Å². The number of carbonyl (C=O) groups is 2. The molecule has 1 aliphatic heterocycles. The van der Waals surface area contributed by atoms with Gasteiger partial charge in [-0.05, 0) is 42.0 Å². The van der Waals surface area contributed by atoms with E-state index in [1.165, 1.54) is 0 Å². The molecule has 0 spiro atoms. The maximum Gasteiger partial charge on any atom is 0.315 e. The fourth-order valence-electron chi connectivity index (χ4n) is 5.01. The average molecular weight is 540 g/mol. The van der Waals surface area contributed by atoms with Gasteiger partial charge in [-0.3, -0.25) is 14.6 Å². The van der Waals surface area contributed by atoms with Crippen LogP contribution in [0.1, 0.15) is 50.7 Å². The minimum absolute atomic E-state index is 0.0139. The number of rotatable bonds is 6. The monoisotopic (exact) mass is 539 g/mol. The van der Waals surface area contributed by atoms with E-state index in [0.29, 0.717) is 35.6 Å². The summed E-state index contributed by atoms with van der Waals surface area (Å²) < 4.78 is 17.5. The molecule has 2 aromatic rings. The SMILES string of the molecule is COc1cc(Br)c([C@H]2C3=C(CC(C)(C)CC3=O)N=C(C)C2C(=O)OCc2ccccc2)cc1OC. The van der Waals surface area contributed by atoms with Gasteiger partial charge >= 0.3 is 5.97 Å². The van der Waals surface area contributed by atoms with Crippen LogP contribution in [0.25, 0.3) is 0 Å². The maximum absolute atomic E-state index is 13.6. The summed E-state index contributed by atoms with van der Waals surface area (Å²) in [7, 11) is 3.13. The fraction of sp³-hybridized carbons (Fsp3) is 0.393. The van der Waals surface area contributed by atoms with Crippen LogP contribution in [0.4, 0.5) is 0 Å². The second-order valence-corrected chi connectivity index (χ2v) is 10.7. The lowest BCUT2D eigenvalue weighted by Crippen LogP contribution is -2.39. The number of hydrogen-bond donors (Lipinski definition) is 0. The molecule has 2 aromatic carbocycles. The minimum Gasteiger partial charge on any atom is -0.493 e. The molecule has 2 atom stereocenters. The number of carbonyl (C=O) groups excluding carboxylic acids is 2. The van der Waals surface area contributed by atoms with Crippen LogP contribution < -0.4 is 9.47 Å². The molecule has 1 heterocycles. The third-order valence-corrected chi connectivity index (χ3v) is 7.30. The number of methoxy groups -OCH3 is 2. The summed E-state index contributed by atoms with van der Waals surface area (Å²) in [5.41, 5.74) is 3.44. The Hall–Kier alpha value is -2.93. The van der Waals surface area contributed by atoms with Crippen molar-refractivity contribution in [2.24, 2.45) is 16.3 Å². The fourth-order valence-corrected chi connectivity index (χ4v) is 5.58. The first-order valence-electron chi connectivity index (χ1n) is 11.6. The third kappa shape index (κ3) is 5.06. The second kappa shape index (κ2) is 9.97. The highest BCUT2D eigenvalue weighted by molar-refractivity contribution is 9.10. The molecular weight excluding hydrogens is 510 g/mol. The quantitative estimate of drug-likeness (QED) is 0.419. The van der Waals surface area contributed by atoms with Gasteiger partial charge in [-0.15, -0.1) is 0 Å². The van der Waals surface area contributed by atoms with E-state index in [1.54, 1.807) is 20.3 Å². The summed E-state index contributed by atoms with van der Waals surface area (Å²) in [5, 5.41) is 0. The normalized spacial score (nSPS) is 21.2. The number of benzene rings is 2. The molecule has 7 heteroatoms. The molecule has 0 N–H and O–H groups in total. The minimum atomic E-state index is -0.739. The number of esters is 1. The molecule has 184 valence electrons. The van der Waals surface area contributed by atoms with Crippen molar-refractivity contribution in [1.29, 1.82) is 0 Å². The number of allylic oxidation sites excluding steroid dienone is 2. The molecular formula is C28H30BrNO5. The molecule has 0 fully saturated rings. The Morgan fingerprint density at radius 1 is 1.09 bits per heavy atom. The van der Waals surface area contributed by atoms with Crippen molar-refractivity contribution in [2.45, 2.75) is 46.1 Å². The molecule has 0 saturated heterocycles. The lowest BCUT2D eigenvalue weighted by molar-refractivity contribution is -0.148. The van der Waals surface area contributed by atoms with Crippen molar-refractivity contribution in [1.82, 2.24) is 0 Å². The van der Waals surface area contributed by atoms with Gasteiger partial charge in [0.25, 0.3) is 0 Å². The molecule has 0 saturated carbocycles. The summed E-state index contributed by atoms with van der Waals surface area (Å²) in [6.45, 7) is 6.13. The van der Waals surface area contributed by atoms with Crippen molar-refractivity contribution in [3.8, 4) is 11.5 Å². The van der Waals surface area contributed by atoms with Gasteiger partial charge in [0, 0.05) is 33.8 Å². The van der Waals surface area contributed by atoms with Gasteiger partial charge < -0.3 is 14.2 Å². The van der Waals surface area contributed by atoms with Crippen LogP contribution >= 0.6 is 15.9 Å². The van der Waals surface area contributed by atoms with E-state index in [2.05, 4.69) is 29.8 Å². The van der Waals surface area contributed by atoms with E-state index in [9.17, 15) is 9.59 Å². The van der Waals surface area contributed by atoms with E-state index < -0.39 is 17.8 Å². The van der Waals surface area contributed by atoms with E-state index in [4.69, 9.17) is 19.2 Å². The zero-order valence-electron chi connectivity index (χ0n) is 20.7. The van der Waals surface area contributed by atoms with Crippen molar-refractivity contribution >= 4 is 33.4 Å². The summed E-state index contributed by atoms with van der Waals surface area (Å²) >= 11 is 3.66. The van der Waals surface area contributed by atoms with Crippen LogP contribution in [0.5, 0.6) is 11.5 Å². The predicted octanol–water partition coefficient (Wildman–Crippen LogP) is 6.03. The Labute approximate surface area is 214 Å². The van der Waals surface area contributed by atoms with Gasteiger partial charge in [-0.25, -0.2) is 0 Å². The first-order chi connectivity index (χ1) is 16.6. The van der Waals surface area contributed by atoms with Gasteiger partial charge in [0.2, 0.25) is 0 Å². The van der Waals surface area contributed by atoms with Crippen molar-refractivity contribution in [2.75, 3.05) is 14.2 Å². The Balaban J connectivity index is 1.82. The lowest BCUT2D eigenvalue weighted by atomic mass is 9.67. The molecule has 0 aromatic heterocycles. The smallest absolute Gasteiger partial charge is 0.315 e. The van der Waals surface area contributed by atoms with Crippen LogP contribution in [0.15, 0.2) is 63.2 Å². The lowest BCUT2D eigenvalue weighted by Gasteiger charge is -2.39. The maximum atomic E-state index is 13.6. The van der Waals surface area contributed by atoms with Crippen LogP contribution in [-0.2, 0) is 20.9 Å². The van der Waals surface area contributed by atoms with Crippen LogP contribution in [0.2, 0.25) is 0 Å². The highest BCUT2D eigenvalue weighted by Crippen LogP contribution is 2.50. The summed E-state index contributed by atoms with van der Waals surface area (Å²) in [4.78, 5) is 31.9. The Kier molecular flexibility index (Phi) is 7.17. The first kappa shape index (κ1) is 25.2. The zero-order valence-corrected chi connectivity index (χ0v) is 22.3. The third-order valence-electron chi connectivity index (χ3n) is 6.62. The number of ether oxygens (including phenoxy) is 3. The average Bonchev–Trinajstić information content (AvgIpc) is 2.81. The topological polar surface area (TPSA) is 74.2 Å². The van der Waals surface area contributed by atoms with Crippen molar-refractivity contribution in [3.05, 3.63) is 69.3 Å². The summed E-state index contributed by atoms with van der Waals surface area (Å²) in [6.07, 6.45) is 1.06. The molecule has 6 nitrogen and oxygen atoms in total. The standard InChI is InChI=1S/C28H30BrNO5/c1-16-24(27(32)35-15-17-9-7-6-8-10-17)25(18-11-22(33-4)23(34-5)12-19(18)29)26-20(30-16)13-28(2,3)14-21(26)31/h6-12,24-25H,13-15H2,1-5H3/t24?,25-/m1/s1. The van der Waals surface area contributed by atoms with E-state index in [0.717, 1.165) is 21.3 Å². The first-order valence-corrected chi connectivity index (χ1v) is 12.4. The second-order valence-electron chi connectivity index (χ2n) is 9.83. The molecule has 0 bridgehead atoms. The number of Topliss-reactive ketones (excluding diaryl/α,β-unsaturated/α-hetero) is 1. The van der Waals surface area contributed by atoms with Gasteiger partial charge in [0.05, 0.1) is 14.2 Å². The molecule has 2 aliphatic rings. The zero-order chi connectivity index (χ0) is 25.3. The number of aliphatic imine (C=N–C) groups is 1. The highest BCUT2D eigenvalue weighted by atomic mass is 79.9. The molecule has 35 heavy (non-hydrogen) atoms. The van der Waals surface area contributed by atoms with Crippen LogP contribution in [0, 0.1) is 11.3 Å². The molecule has 0 amide bonds. The Morgan fingerprint density at radius 3 is 2.40 bits per heavy atom. The number of hydrogen-bond acceptors (Lipinski definition) is 6. The number of halogens is 1. The Bertz CT molecular complexity index is 1220. The highest BCUT2D eigenvalue weighted by Gasteiger charge is 2.46. The Morgan fingerprint density at radius 2 is 1.74 bits per heavy atom. The van der Waals surface area contributed by atoms with Gasteiger partial charge in [0.15, 0.2) is 17.3 Å². The van der Waals surface area contributed by atoms with Gasteiger partial charge in [0.1, 0.15) is 12.5 Å². The van der Waals surface area contributed by atoms with E-state index >= 15 is 0 Å². The largest absolute Gasteiger partial charge is 0.493 e.